The molecule has 0 atom stereocenters. The second-order valence-electron chi connectivity index (χ2n) is 5.31. The zero-order chi connectivity index (χ0) is 16.1. The van der Waals surface area contributed by atoms with Crippen LogP contribution in [-0.4, -0.2) is 23.3 Å². The van der Waals surface area contributed by atoms with E-state index in [0.29, 0.717) is 11.5 Å². The number of imide groups is 1. The van der Waals surface area contributed by atoms with Crippen molar-refractivity contribution >= 4 is 17.9 Å². The third kappa shape index (κ3) is 3.86. The fraction of sp³-hybridized carbons (Fsp3) is 0.158. The van der Waals surface area contributed by atoms with E-state index in [-0.39, 0.29) is 31.2 Å². The van der Waals surface area contributed by atoms with Crippen LogP contribution in [0.25, 0.3) is 6.08 Å². The van der Waals surface area contributed by atoms with Gasteiger partial charge in [-0.25, -0.2) is 0 Å². The Morgan fingerprint density at radius 1 is 0.913 bits per heavy atom. The van der Waals surface area contributed by atoms with E-state index in [1.54, 1.807) is 0 Å². The number of carbonyl (C=O) groups is 2. The van der Waals surface area contributed by atoms with Crippen LogP contribution in [0.1, 0.15) is 18.4 Å². The first kappa shape index (κ1) is 15.0. The predicted octanol–water partition coefficient (Wildman–Crippen LogP) is 3.26. The summed E-state index contributed by atoms with van der Waals surface area (Å²) in [5.41, 5.74) is 0.956. The van der Waals surface area contributed by atoms with E-state index in [0.717, 1.165) is 5.56 Å². The minimum atomic E-state index is -0.148. The number of carbonyl (C=O) groups excluding carboxylic acids is 2. The molecule has 0 saturated carbocycles. The maximum Gasteiger partial charge on any atom is 0.230 e. The third-order valence-corrected chi connectivity index (χ3v) is 3.59. The van der Waals surface area contributed by atoms with Crippen molar-refractivity contribution in [2.45, 2.75) is 12.8 Å². The third-order valence-electron chi connectivity index (χ3n) is 3.59. The van der Waals surface area contributed by atoms with Crippen molar-refractivity contribution in [2.24, 2.45) is 0 Å². The van der Waals surface area contributed by atoms with Crippen molar-refractivity contribution in [1.82, 2.24) is 4.90 Å². The van der Waals surface area contributed by atoms with E-state index in [1.807, 2.05) is 66.7 Å². The van der Waals surface area contributed by atoms with Gasteiger partial charge in [0.15, 0.2) is 0 Å². The van der Waals surface area contributed by atoms with Gasteiger partial charge in [-0.3, -0.25) is 14.5 Å². The summed E-state index contributed by atoms with van der Waals surface area (Å²) in [6.45, 7) is 0.154. The van der Waals surface area contributed by atoms with Gasteiger partial charge in [-0.2, -0.15) is 0 Å². The number of amides is 2. The summed E-state index contributed by atoms with van der Waals surface area (Å²) < 4.78 is 5.89. The highest BCUT2D eigenvalue weighted by molar-refractivity contribution is 6.02. The Labute approximate surface area is 135 Å². The maximum atomic E-state index is 11.8. The first-order valence-corrected chi connectivity index (χ1v) is 7.54. The first-order valence-electron chi connectivity index (χ1n) is 7.54. The minimum Gasteiger partial charge on any atom is -0.460 e. The molecule has 0 aliphatic carbocycles. The molecule has 23 heavy (non-hydrogen) atoms. The Morgan fingerprint density at radius 3 is 2.09 bits per heavy atom. The Balaban J connectivity index is 1.85. The molecule has 0 unspecified atom stereocenters. The van der Waals surface area contributed by atoms with Crippen LogP contribution in [0.15, 0.2) is 66.4 Å². The van der Waals surface area contributed by atoms with Crippen molar-refractivity contribution in [3.8, 4) is 5.75 Å². The molecular weight excluding hydrogens is 290 g/mol. The number of hydrogen-bond acceptors (Lipinski definition) is 3. The van der Waals surface area contributed by atoms with Crippen LogP contribution in [-0.2, 0) is 9.59 Å². The Morgan fingerprint density at radius 2 is 1.48 bits per heavy atom. The fourth-order valence-electron chi connectivity index (χ4n) is 2.44. The average molecular weight is 307 g/mol. The van der Waals surface area contributed by atoms with Crippen molar-refractivity contribution in [2.75, 3.05) is 6.54 Å². The lowest BCUT2D eigenvalue weighted by Gasteiger charge is -2.17. The SMILES string of the molecule is O=C1CCC(=O)N1C/C(=C/c1ccccc1)Oc1ccccc1. The van der Waals surface area contributed by atoms with Crippen molar-refractivity contribution in [3.05, 3.63) is 72.0 Å². The molecule has 2 aromatic carbocycles. The second kappa shape index (κ2) is 6.92. The Kier molecular flexibility index (Phi) is 4.52. The Bertz CT molecular complexity index is 707. The van der Waals surface area contributed by atoms with Crippen LogP contribution in [0.3, 0.4) is 0 Å². The van der Waals surface area contributed by atoms with Gasteiger partial charge in [-0.15, -0.1) is 0 Å². The van der Waals surface area contributed by atoms with Crippen LogP contribution in [0.2, 0.25) is 0 Å². The molecule has 0 bridgehead atoms. The molecule has 3 rings (SSSR count). The van der Waals surface area contributed by atoms with E-state index in [1.165, 1.54) is 4.90 Å². The summed E-state index contributed by atoms with van der Waals surface area (Å²) in [6, 6.07) is 19.0. The molecule has 1 saturated heterocycles. The lowest BCUT2D eigenvalue weighted by atomic mass is 10.2. The van der Waals surface area contributed by atoms with Crippen LogP contribution in [0, 0.1) is 0 Å². The molecule has 1 fully saturated rings. The monoisotopic (exact) mass is 307 g/mol. The van der Waals surface area contributed by atoms with Gasteiger partial charge < -0.3 is 4.74 Å². The maximum absolute atomic E-state index is 11.8. The number of hydrogen-bond donors (Lipinski definition) is 0. The largest absolute Gasteiger partial charge is 0.460 e. The lowest BCUT2D eigenvalue weighted by molar-refractivity contribution is -0.138. The molecule has 116 valence electrons. The van der Waals surface area contributed by atoms with Crippen LogP contribution in [0.4, 0.5) is 0 Å². The quantitative estimate of drug-likeness (QED) is 0.629. The Hall–Kier alpha value is -2.88. The summed E-state index contributed by atoms with van der Waals surface area (Å²) >= 11 is 0. The minimum absolute atomic E-state index is 0.148. The van der Waals surface area contributed by atoms with E-state index in [2.05, 4.69) is 0 Å². The molecule has 1 heterocycles. The predicted molar refractivity (Wildman–Crippen MR) is 87.4 cm³/mol. The van der Waals surface area contributed by atoms with Crippen LogP contribution in [0.5, 0.6) is 5.75 Å². The molecule has 1 aliphatic heterocycles. The zero-order valence-electron chi connectivity index (χ0n) is 12.6. The standard InChI is InChI=1S/C19H17NO3/c21-18-11-12-19(22)20(18)14-17(13-15-7-3-1-4-8-15)23-16-9-5-2-6-10-16/h1-10,13H,11-12,14H2/b17-13-. The molecule has 4 nitrogen and oxygen atoms in total. The highest BCUT2D eigenvalue weighted by Crippen LogP contribution is 2.19. The molecular formula is C19H17NO3. The van der Waals surface area contributed by atoms with Gasteiger partial charge in [0.2, 0.25) is 11.8 Å². The van der Waals surface area contributed by atoms with E-state index in [9.17, 15) is 9.59 Å². The van der Waals surface area contributed by atoms with Crippen molar-refractivity contribution in [3.63, 3.8) is 0 Å². The molecule has 2 aromatic rings. The summed E-state index contributed by atoms with van der Waals surface area (Å²) in [7, 11) is 0. The number of ether oxygens (including phenoxy) is 1. The van der Waals surface area contributed by atoms with E-state index in [4.69, 9.17) is 4.74 Å². The normalized spacial score (nSPS) is 15.1. The van der Waals surface area contributed by atoms with Crippen molar-refractivity contribution in [1.29, 1.82) is 0 Å². The van der Waals surface area contributed by atoms with Crippen LogP contribution >= 0.6 is 0 Å². The topological polar surface area (TPSA) is 46.6 Å². The van der Waals surface area contributed by atoms with Gasteiger partial charge in [0.05, 0.1) is 6.54 Å². The number of para-hydroxylation sites is 1. The van der Waals surface area contributed by atoms with Gasteiger partial charge in [0.25, 0.3) is 0 Å². The summed E-state index contributed by atoms with van der Waals surface area (Å²) in [5, 5.41) is 0. The second-order valence-corrected chi connectivity index (χ2v) is 5.31. The highest BCUT2D eigenvalue weighted by atomic mass is 16.5. The van der Waals surface area contributed by atoms with Gasteiger partial charge in [0, 0.05) is 12.8 Å². The number of rotatable bonds is 5. The molecule has 4 heteroatoms. The van der Waals surface area contributed by atoms with E-state index < -0.39 is 0 Å². The molecule has 1 aliphatic rings. The van der Waals surface area contributed by atoms with Gasteiger partial charge in [-0.05, 0) is 23.8 Å². The number of benzene rings is 2. The lowest BCUT2D eigenvalue weighted by Crippen LogP contribution is -2.32. The van der Waals surface area contributed by atoms with E-state index >= 15 is 0 Å². The van der Waals surface area contributed by atoms with Gasteiger partial charge in [-0.1, -0.05) is 48.5 Å². The van der Waals surface area contributed by atoms with Crippen LogP contribution < -0.4 is 4.74 Å². The average Bonchev–Trinajstić information content (AvgIpc) is 2.89. The molecule has 2 amide bonds. The molecule has 0 radical (unpaired) electrons. The molecule has 0 spiro atoms. The van der Waals surface area contributed by atoms with Gasteiger partial charge in [0.1, 0.15) is 11.5 Å². The fourth-order valence-corrected chi connectivity index (χ4v) is 2.44. The summed E-state index contributed by atoms with van der Waals surface area (Å²) in [4.78, 5) is 25.0. The number of likely N-dealkylation sites (tertiary alicyclic amines) is 1. The van der Waals surface area contributed by atoms with Crippen molar-refractivity contribution < 1.29 is 14.3 Å². The smallest absolute Gasteiger partial charge is 0.230 e. The summed E-state index contributed by atoms with van der Waals surface area (Å²) in [5.74, 6) is 0.941. The zero-order valence-corrected chi connectivity index (χ0v) is 12.6. The number of nitrogens with zero attached hydrogens (tertiary/aromatic N) is 1. The molecule has 0 N–H and O–H groups in total. The summed E-state index contributed by atoms with van der Waals surface area (Å²) in [6.07, 6.45) is 2.41. The molecule has 0 aromatic heterocycles. The highest BCUT2D eigenvalue weighted by Gasteiger charge is 2.29. The van der Waals surface area contributed by atoms with Gasteiger partial charge >= 0.3 is 0 Å². The first-order chi connectivity index (χ1) is 11.2.